The lowest BCUT2D eigenvalue weighted by Gasteiger charge is -2.23. The van der Waals surface area contributed by atoms with Gasteiger partial charge in [0.25, 0.3) is 0 Å². The molecule has 1 aliphatic heterocycles. The van der Waals surface area contributed by atoms with Crippen molar-refractivity contribution in [3.8, 4) is 0 Å². The summed E-state index contributed by atoms with van der Waals surface area (Å²) in [5.74, 6) is 0. The van der Waals surface area contributed by atoms with Gasteiger partial charge in [0.15, 0.2) is 5.11 Å². The molecular weight excluding hydrogens is 256 g/mol. The molecule has 0 radical (unpaired) electrons. The highest BCUT2D eigenvalue weighted by Gasteiger charge is 2.37. The largest absolute Gasteiger partial charge is 0.375 e. The number of allylic oxidation sites excluding steroid dienone is 2. The molecule has 100 valence electrons. The second-order valence-corrected chi connectivity index (χ2v) is 5.45. The fraction of sp³-hybridized carbons (Fsp3) is 0.286. The van der Waals surface area contributed by atoms with Gasteiger partial charge in [-0.1, -0.05) is 32.0 Å². The third kappa shape index (κ3) is 2.46. The number of benzene rings is 1. The number of anilines is 1. The van der Waals surface area contributed by atoms with Crippen LogP contribution in [0.3, 0.4) is 0 Å². The molecule has 1 heterocycles. The van der Waals surface area contributed by atoms with Gasteiger partial charge in [-0.25, -0.2) is 0 Å². The molecule has 3 N–H and O–H groups in total. The summed E-state index contributed by atoms with van der Waals surface area (Å²) < 4.78 is 0. The molecule has 0 aliphatic carbocycles. The van der Waals surface area contributed by atoms with Crippen LogP contribution in [0.4, 0.5) is 5.69 Å². The molecule has 0 amide bonds. The predicted octanol–water partition coefficient (Wildman–Crippen LogP) is 2.12. The standard InChI is InChI=1S/C14H18N4S/c1-14(2)10-6-4-5-7-11(10)18(3)12(14)8-9-16-17-13(15)19/h4-9H,1-3H3,(H3,15,17,19)/b12-8+,16-9+. The van der Waals surface area contributed by atoms with Crippen molar-refractivity contribution in [2.45, 2.75) is 19.3 Å². The molecule has 19 heavy (non-hydrogen) atoms. The average Bonchev–Trinajstić information content (AvgIpc) is 2.55. The molecule has 0 bridgehead atoms. The van der Waals surface area contributed by atoms with Gasteiger partial charge in [0.1, 0.15) is 0 Å². The Morgan fingerprint density at radius 2 is 2.11 bits per heavy atom. The fourth-order valence-electron chi connectivity index (χ4n) is 2.51. The monoisotopic (exact) mass is 274 g/mol. The topological polar surface area (TPSA) is 53.6 Å². The van der Waals surface area contributed by atoms with Crippen molar-refractivity contribution in [3.63, 3.8) is 0 Å². The van der Waals surface area contributed by atoms with Crippen LogP contribution < -0.4 is 16.1 Å². The van der Waals surface area contributed by atoms with Gasteiger partial charge in [-0.3, -0.25) is 5.43 Å². The summed E-state index contributed by atoms with van der Waals surface area (Å²) in [6, 6.07) is 8.41. The van der Waals surface area contributed by atoms with Gasteiger partial charge in [-0.2, -0.15) is 5.10 Å². The van der Waals surface area contributed by atoms with E-state index in [0.717, 1.165) is 0 Å². The number of thiocarbonyl (C=S) groups is 1. The zero-order chi connectivity index (χ0) is 14.0. The number of nitrogens with two attached hydrogens (primary N) is 1. The SMILES string of the molecule is CN1/C(=C/C=N/NC(N)=S)C(C)(C)c2ccccc21. The first-order valence-electron chi connectivity index (χ1n) is 6.07. The van der Waals surface area contributed by atoms with Crippen LogP contribution in [-0.2, 0) is 5.41 Å². The van der Waals surface area contributed by atoms with Crippen molar-refractivity contribution < 1.29 is 0 Å². The molecule has 0 aromatic heterocycles. The maximum atomic E-state index is 5.31. The van der Waals surface area contributed by atoms with E-state index in [-0.39, 0.29) is 10.5 Å². The summed E-state index contributed by atoms with van der Waals surface area (Å²) >= 11 is 4.69. The Morgan fingerprint density at radius 1 is 1.42 bits per heavy atom. The minimum absolute atomic E-state index is 0.0411. The number of fused-ring (bicyclic) bond motifs is 1. The number of para-hydroxylation sites is 1. The van der Waals surface area contributed by atoms with Gasteiger partial charge >= 0.3 is 0 Å². The molecule has 0 saturated carbocycles. The van der Waals surface area contributed by atoms with Crippen molar-refractivity contribution in [3.05, 3.63) is 41.6 Å². The van der Waals surface area contributed by atoms with Crippen LogP contribution in [0.25, 0.3) is 0 Å². The minimum atomic E-state index is -0.0411. The number of nitrogens with one attached hydrogen (secondary N) is 1. The average molecular weight is 274 g/mol. The van der Waals surface area contributed by atoms with Crippen LogP contribution in [-0.4, -0.2) is 18.4 Å². The molecule has 1 aromatic carbocycles. The van der Waals surface area contributed by atoms with E-state index in [1.54, 1.807) is 6.21 Å². The Balaban J connectivity index is 2.31. The van der Waals surface area contributed by atoms with Crippen LogP contribution in [0.5, 0.6) is 0 Å². The van der Waals surface area contributed by atoms with Crippen molar-refractivity contribution in [2.24, 2.45) is 10.8 Å². The molecule has 0 saturated heterocycles. The van der Waals surface area contributed by atoms with Crippen LogP contribution in [0.1, 0.15) is 19.4 Å². The third-order valence-corrected chi connectivity index (χ3v) is 3.51. The van der Waals surface area contributed by atoms with Crippen LogP contribution in [0.2, 0.25) is 0 Å². The second-order valence-electron chi connectivity index (χ2n) is 5.01. The maximum absolute atomic E-state index is 5.31. The summed E-state index contributed by atoms with van der Waals surface area (Å²) in [7, 11) is 2.06. The number of rotatable bonds is 2. The Morgan fingerprint density at radius 3 is 2.74 bits per heavy atom. The van der Waals surface area contributed by atoms with Crippen molar-refractivity contribution >= 4 is 29.2 Å². The van der Waals surface area contributed by atoms with E-state index in [1.807, 2.05) is 6.08 Å². The van der Waals surface area contributed by atoms with Gasteiger partial charge in [-0.05, 0) is 29.9 Å². The van der Waals surface area contributed by atoms with Crippen molar-refractivity contribution in [1.29, 1.82) is 0 Å². The highest BCUT2D eigenvalue weighted by atomic mass is 32.1. The number of hydrogen-bond donors (Lipinski definition) is 2. The Kier molecular flexibility index (Phi) is 3.57. The van der Waals surface area contributed by atoms with Crippen molar-refractivity contribution in [2.75, 3.05) is 11.9 Å². The normalized spacial score (nSPS) is 18.9. The molecule has 4 nitrogen and oxygen atoms in total. The van der Waals surface area contributed by atoms with Gasteiger partial charge in [0.05, 0.1) is 0 Å². The third-order valence-electron chi connectivity index (χ3n) is 3.42. The molecular formula is C14H18N4S. The summed E-state index contributed by atoms with van der Waals surface area (Å²) in [6.07, 6.45) is 3.66. The van der Waals surface area contributed by atoms with Crippen LogP contribution in [0.15, 0.2) is 41.1 Å². The molecule has 1 aromatic rings. The lowest BCUT2D eigenvalue weighted by molar-refractivity contribution is 0.641. The van der Waals surface area contributed by atoms with Crippen molar-refractivity contribution in [1.82, 2.24) is 5.43 Å². The smallest absolute Gasteiger partial charge is 0.184 e. The first-order chi connectivity index (χ1) is 8.94. The molecule has 0 unspecified atom stereocenters. The first-order valence-corrected chi connectivity index (χ1v) is 6.48. The quantitative estimate of drug-likeness (QED) is 0.493. The number of hydrogen-bond acceptors (Lipinski definition) is 3. The Hall–Kier alpha value is -1.88. The van der Waals surface area contributed by atoms with Crippen LogP contribution >= 0.6 is 12.2 Å². The van der Waals surface area contributed by atoms with E-state index >= 15 is 0 Å². The Labute approximate surface area is 119 Å². The molecule has 5 heteroatoms. The molecule has 1 aliphatic rings. The summed E-state index contributed by atoms with van der Waals surface area (Å²) in [6.45, 7) is 4.41. The van der Waals surface area contributed by atoms with E-state index in [1.165, 1.54) is 16.9 Å². The van der Waals surface area contributed by atoms with Gasteiger partial charge < -0.3 is 10.6 Å². The van der Waals surface area contributed by atoms with E-state index in [4.69, 9.17) is 18.0 Å². The highest BCUT2D eigenvalue weighted by Crippen LogP contribution is 2.46. The minimum Gasteiger partial charge on any atom is -0.375 e. The molecule has 0 fully saturated rings. The maximum Gasteiger partial charge on any atom is 0.184 e. The summed E-state index contributed by atoms with van der Waals surface area (Å²) in [5.41, 5.74) is 11.6. The van der Waals surface area contributed by atoms with E-state index in [0.29, 0.717) is 0 Å². The molecule has 0 atom stereocenters. The zero-order valence-electron chi connectivity index (χ0n) is 11.3. The number of nitrogens with zero attached hydrogens (tertiary/aromatic N) is 2. The lowest BCUT2D eigenvalue weighted by atomic mass is 9.84. The van der Waals surface area contributed by atoms with Gasteiger partial charge in [0, 0.05) is 30.1 Å². The van der Waals surface area contributed by atoms with Gasteiger partial charge in [0.2, 0.25) is 0 Å². The van der Waals surface area contributed by atoms with E-state index < -0.39 is 0 Å². The predicted molar refractivity (Wildman–Crippen MR) is 84.4 cm³/mol. The zero-order valence-corrected chi connectivity index (χ0v) is 12.2. The Bertz CT molecular complexity index is 560. The molecule has 0 spiro atoms. The lowest BCUT2D eigenvalue weighted by Crippen LogP contribution is -2.25. The second kappa shape index (κ2) is 5.01. The van der Waals surface area contributed by atoms with Gasteiger partial charge in [-0.15, -0.1) is 0 Å². The fourth-order valence-corrected chi connectivity index (χ4v) is 2.56. The van der Waals surface area contributed by atoms with Crippen LogP contribution in [0, 0.1) is 0 Å². The van der Waals surface area contributed by atoms with E-state index in [9.17, 15) is 0 Å². The first kappa shape index (κ1) is 13.5. The highest BCUT2D eigenvalue weighted by molar-refractivity contribution is 7.80. The number of likely N-dealkylation sites (N-methyl/N-ethyl adjacent to an activating group) is 1. The summed E-state index contributed by atoms with van der Waals surface area (Å²) in [4.78, 5) is 2.18. The van der Waals surface area contributed by atoms with E-state index in [2.05, 4.69) is 60.6 Å². The molecule has 2 rings (SSSR count). The number of hydrazone groups is 1. The summed E-state index contributed by atoms with van der Waals surface area (Å²) in [5, 5.41) is 4.12.